The van der Waals surface area contributed by atoms with Crippen LogP contribution < -0.4 is 10.1 Å². The van der Waals surface area contributed by atoms with E-state index < -0.39 is 17.9 Å². The van der Waals surface area contributed by atoms with E-state index in [0.29, 0.717) is 25.2 Å². The van der Waals surface area contributed by atoms with Crippen LogP contribution in [0.25, 0.3) is 5.69 Å². The molecule has 0 spiro atoms. The highest BCUT2D eigenvalue weighted by atomic mass is 16.5. The molecule has 2 aromatic rings. The van der Waals surface area contributed by atoms with Crippen LogP contribution in [0.1, 0.15) is 44.1 Å². The smallest absolute Gasteiger partial charge is 0.326 e. The molecule has 0 saturated heterocycles. The molecule has 0 fully saturated rings. The van der Waals surface area contributed by atoms with E-state index in [1.807, 2.05) is 51.1 Å². The Morgan fingerprint density at radius 2 is 1.96 bits per heavy atom. The Morgan fingerprint density at radius 3 is 2.54 bits per heavy atom. The third kappa shape index (κ3) is 5.08. The fourth-order valence-corrected chi connectivity index (χ4v) is 2.36. The first kappa shape index (κ1) is 19.5. The van der Waals surface area contributed by atoms with Gasteiger partial charge in [0.15, 0.2) is 11.4 Å². The van der Waals surface area contributed by atoms with Gasteiger partial charge in [-0.2, -0.15) is 5.10 Å². The van der Waals surface area contributed by atoms with E-state index in [1.54, 1.807) is 10.9 Å². The largest absolute Gasteiger partial charge is 0.489 e. The Kier molecular flexibility index (Phi) is 6.77. The molecule has 2 rings (SSSR count). The molecule has 140 valence electrons. The molecule has 1 amide bonds. The van der Waals surface area contributed by atoms with Gasteiger partial charge in [0, 0.05) is 0 Å². The van der Waals surface area contributed by atoms with Gasteiger partial charge in [-0.05, 0) is 24.5 Å². The molecule has 1 heterocycles. The van der Waals surface area contributed by atoms with Gasteiger partial charge in [0.2, 0.25) is 0 Å². The molecular formula is C19H25N3O4. The van der Waals surface area contributed by atoms with Gasteiger partial charge in [-0.25, -0.2) is 9.48 Å². The SMILES string of the molecule is CCCC(NC(=O)c1nn(-c2ccccc2)cc1OCC(C)C)C(=O)O. The van der Waals surface area contributed by atoms with Crippen LogP contribution in [0.5, 0.6) is 5.75 Å². The van der Waals surface area contributed by atoms with Crippen molar-refractivity contribution in [2.24, 2.45) is 5.92 Å². The first-order valence-electron chi connectivity index (χ1n) is 8.74. The predicted octanol–water partition coefficient (Wildman–Crippen LogP) is 2.89. The van der Waals surface area contributed by atoms with Crippen LogP contribution in [0.2, 0.25) is 0 Å². The summed E-state index contributed by atoms with van der Waals surface area (Å²) in [5.41, 5.74) is 0.862. The number of hydrogen-bond acceptors (Lipinski definition) is 4. The van der Waals surface area contributed by atoms with Crippen molar-refractivity contribution in [3.63, 3.8) is 0 Å². The first-order chi connectivity index (χ1) is 12.4. The zero-order valence-corrected chi connectivity index (χ0v) is 15.3. The second-order valence-electron chi connectivity index (χ2n) is 6.48. The van der Waals surface area contributed by atoms with Gasteiger partial charge >= 0.3 is 5.97 Å². The van der Waals surface area contributed by atoms with Gasteiger partial charge in [0.25, 0.3) is 5.91 Å². The van der Waals surface area contributed by atoms with Crippen LogP contribution >= 0.6 is 0 Å². The van der Waals surface area contributed by atoms with Crippen molar-refractivity contribution < 1.29 is 19.4 Å². The zero-order valence-electron chi connectivity index (χ0n) is 15.3. The van der Waals surface area contributed by atoms with E-state index in [0.717, 1.165) is 5.69 Å². The lowest BCUT2D eigenvalue weighted by Gasteiger charge is -2.13. The number of para-hydroxylation sites is 1. The van der Waals surface area contributed by atoms with Crippen molar-refractivity contribution in [2.45, 2.75) is 39.7 Å². The Labute approximate surface area is 153 Å². The summed E-state index contributed by atoms with van der Waals surface area (Å²) in [6.45, 7) is 6.30. The molecule has 1 aromatic carbocycles. The molecular weight excluding hydrogens is 334 g/mol. The van der Waals surface area contributed by atoms with Gasteiger partial charge in [0.05, 0.1) is 18.5 Å². The fraction of sp³-hybridized carbons (Fsp3) is 0.421. The molecule has 1 unspecified atom stereocenters. The lowest BCUT2D eigenvalue weighted by molar-refractivity contribution is -0.139. The highest BCUT2D eigenvalue weighted by molar-refractivity contribution is 5.97. The average molecular weight is 359 g/mol. The normalized spacial score (nSPS) is 12.0. The molecule has 1 atom stereocenters. The van der Waals surface area contributed by atoms with Crippen LogP contribution in [0, 0.1) is 5.92 Å². The lowest BCUT2D eigenvalue weighted by Crippen LogP contribution is -2.41. The van der Waals surface area contributed by atoms with Crippen LogP contribution in [0.15, 0.2) is 36.5 Å². The maximum absolute atomic E-state index is 12.6. The molecule has 7 heteroatoms. The summed E-state index contributed by atoms with van der Waals surface area (Å²) in [7, 11) is 0. The molecule has 0 radical (unpaired) electrons. The van der Waals surface area contributed by atoms with E-state index in [2.05, 4.69) is 10.4 Å². The standard InChI is InChI=1S/C19H25N3O4/c1-4-8-15(19(24)25)20-18(23)17-16(26-12-13(2)3)11-22(21-17)14-9-6-5-7-10-14/h5-7,9-11,13,15H,4,8,12H2,1-3H3,(H,20,23)(H,24,25). The van der Waals surface area contributed by atoms with E-state index in [9.17, 15) is 14.7 Å². The molecule has 0 bridgehead atoms. The third-order valence-corrected chi connectivity index (χ3v) is 3.67. The molecule has 0 aliphatic rings. The van der Waals surface area contributed by atoms with Crippen molar-refractivity contribution in [1.82, 2.24) is 15.1 Å². The van der Waals surface area contributed by atoms with E-state index in [4.69, 9.17) is 4.74 Å². The Hall–Kier alpha value is -2.83. The molecule has 7 nitrogen and oxygen atoms in total. The third-order valence-electron chi connectivity index (χ3n) is 3.67. The predicted molar refractivity (Wildman–Crippen MR) is 97.7 cm³/mol. The van der Waals surface area contributed by atoms with E-state index in [-0.39, 0.29) is 11.6 Å². The number of carbonyl (C=O) groups is 2. The number of benzene rings is 1. The number of aromatic nitrogens is 2. The second-order valence-corrected chi connectivity index (χ2v) is 6.48. The fourth-order valence-electron chi connectivity index (χ4n) is 2.36. The summed E-state index contributed by atoms with van der Waals surface area (Å²) in [4.78, 5) is 23.9. The summed E-state index contributed by atoms with van der Waals surface area (Å²) in [6, 6.07) is 8.39. The van der Waals surface area contributed by atoms with Crippen molar-refractivity contribution in [3.8, 4) is 11.4 Å². The van der Waals surface area contributed by atoms with E-state index in [1.165, 1.54) is 0 Å². The van der Waals surface area contributed by atoms with Crippen LogP contribution in [-0.2, 0) is 4.79 Å². The number of carboxylic acid groups (broad SMARTS) is 1. The minimum atomic E-state index is -1.06. The van der Waals surface area contributed by atoms with Crippen molar-refractivity contribution in [2.75, 3.05) is 6.61 Å². The summed E-state index contributed by atoms with van der Waals surface area (Å²) in [5, 5.41) is 16.1. The number of nitrogens with zero attached hydrogens (tertiary/aromatic N) is 2. The van der Waals surface area contributed by atoms with Gasteiger partial charge in [0.1, 0.15) is 6.04 Å². The number of hydrogen-bond donors (Lipinski definition) is 2. The van der Waals surface area contributed by atoms with Crippen molar-refractivity contribution >= 4 is 11.9 Å². The molecule has 0 saturated carbocycles. The highest BCUT2D eigenvalue weighted by Gasteiger charge is 2.25. The topological polar surface area (TPSA) is 93.5 Å². The van der Waals surface area contributed by atoms with Gasteiger partial charge in [-0.1, -0.05) is 45.4 Å². The summed E-state index contributed by atoms with van der Waals surface area (Å²) in [6.07, 6.45) is 2.64. The summed E-state index contributed by atoms with van der Waals surface area (Å²) >= 11 is 0. The molecule has 2 N–H and O–H groups in total. The van der Waals surface area contributed by atoms with Crippen LogP contribution in [0.4, 0.5) is 0 Å². The number of nitrogens with one attached hydrogen (secondary N) is 1. The van der Waals surface area contributed by atoms with Gasteiger partial charge < -0.3 is 15.2 Å². The minimum Gasteiger partial charge on any atom is -0.489 e. The maximum atomic E-state index is 12.6. The minimum absolute atomic E-state index is 0.0804. The average Bonchev–Trinajstić information content (AvgIpc) is 3.04. The number of aliphatic carboxylic acids is 1. The molecule has 1 aromatic heterocycles. The summed E-state index contributed by atoms with van der Waals surface area (Å²) < 4.78 is 7.29. The highest BCUT2D eigenvalue weighted by Crippen LogP contribution is 2.21. The summed E-state index contributed by atoms with van der Waals surface area (Å²) in [5.74, 6) is -1.01. The van der Waals surface area contributed by atoms with Crippen molar-refractivity contribution in [1.29, 1.82) is 0 Å². The quantitative estimate of drug-likeness (QED) is 0.718. The Balaban J connectivity index is 2.30. The van der Waals surface area contributed by atoms with Crippen LogP contribution in [0.3, 0.4) is 0 Å². The van der Waals surface area contributed by atoms with Gasteiger partial charge in [-0.3, -0.25) is 4.79 Å². The first-order valence-corrected chi connectivity index (χ1v) is 8.74. The zero-order chi connectivity index (χ0) is 19.1. The van der Waals surface area contributed by atoms with E-state index >= 15 is 0 Å². The van der Waals surface area contributed by atoms with Crippen LogP contribution in [-0.4, -0.2) is 39.4 Å². The number of rotatable bonds is 9. The van der Waals surface area contributed by atoms with Gasteiger partial charge in [-0.15, -0.1) is 0 Å². The Bertz CT molecular complexity index is 740. The monoisotopic (exact) mass is 359 g/mol. The molecule has 26 heavy (non-hydrogen) atoms. The maximum Gasteiger partial charge on any atom is 0.326 e. The number of carbonyl (C=O) groups excluding carboxylic acids is 1. The number of carboxylic acids is 1. The molecule has 0 aliphatic carbocycles. The molecule has 0 aliphatic heterocycles. The number of amides is 1. The van der Waals surface area contributed by atoms with Crippen molar-refractivity contribution in [3.05, 3.63) is 42.2 Å². The number of ether oxygens (including phenoxy) is 1. The lowest BCUT2D eigenvalue weighted by atomic mass is 10.1. The Morgan fingerprint density at radius 1 is 1.27 bits per heavy atom. The second kappa shape index (κ2) is 9.03.